The SMILES string of the molecule is O=C(CCn1ccccc1=O)NC[C@H](O)C(=O)O. The maximum atomic E-state index is 11.3. The summed E-state index contributed by atoms with van der Waals surface area (Å²) in [4.78, 5) is 32.9. The Balaban J connectivity index is 2.36. The summed E-state index contributed by atoms with van der Waals surface area (Å²) in [5.41, 5.74) is -0.212. The highest BCUT2D eigenvalue weighted by molar-refractivity contribution is 5.77. The molecule has 0 bridgehead atoms. The van der Waals surface area contributed by atoms with Gasteiger partial charge in [0.2, 0.25) is 5.91 Å². The van der Waals surface area contributed by atoms with Crippen LogP contribution in [0.3, 0.4) is 0 Å². The van der Waals surface area contributed by atoms with Crippen LogP contribution in [0.5, 0.6) is 0 Å². The highest BCUT2D eigenvalue weighted by atomic mass is 16.4. The van der Waals surface area contributed by atoms with Crippen LogP contribution in [0.15, 0.2) is 29.2 Å². The lowest BCUT2D eigenvalue weighted by Gasteiger charge is -2.08. The Morgan fingerprint density at radius 3 is 2.72 bits per heavy atom. The first kappa shape index (κ1) is 13.9. The molecule has 0 aliphatic rings. The van der Waals surface area contributed by atoms with E-state index in [-0.39, 0.29) is 25.1 Å². The molecule has 0 aliphatic carbocycles. The van der Waals surface area contributed by atoms with Crippen molar-refractivity contribution < 1.29 is 19.8 Å². The molecule has 7 nitrogen and oxygen atoms in total. The van der Waals surface area contributed by atoms with Crippen molar-refractivity contribution in [3.63, 3.8) is 0 Å². The Bertz CT molecular complexity index is 482. The summed E-state index contributed by atoms with van der Waals surface area (Å²) in [6.45, 7) is -0.146. The Morgan fingerprint density at radius 1 is 1.39 bits per heavy atom. The largest absolute Gasteiger partial charge is 0.479 e. The molecule has 0 unspecified atom stereocenters. The summed E-state index contributed by atoms with van der Waals surface area (Å²) in [5, 5.41) is 19.6. The van der Waals surface area contributed by atoms with Crippen molar-refractivity contribution >= 4 is 11.9 Å². The minimum atomic E-state index is -1.62. The van der Waals surface area contributed by atoms with Gasteiger partial charge in [-0.15, -0.1) is 0 Å². The van der Waals surface area contributed by atoms with Gasteiger partial charge >= 0.3 is 5.97 Å². The fourth-order valence-electron chi connectivity index (χ4n) is 1.25. The van der Waals surface area contributed by atoms with E-state index in [0.29, 0.717) is 0 Å². The van der Waals surface area contributed by atoms with E-state index in [4.69, 9.17) is 10.2 Å². The van der Waals surface area contributed by atoms with Gasteiger partial charge < -0.3 is 20.1 Å². The minimum Gasteiger partial charge on any atom is -0.479 e. The van der Waals surface area contributed by atoms with Crippen molar-refractivity contribution in [1.82, 2.24) is 9.88 Å². The molecule has 1 amide bonds. The van der Waals surface area contributed by atoms with Crippen LogP contribution in [-0.4, -0.2) is 39.3 Å². The number of pyridine rings is 1. The smallest absolute Gasteiger partial charge is 0.334 e. The number of aliphatic hydroxyl groups is 1. The van der Waals surface area contributed by atoms with E-state index < -0.39 is 18.0 Å². The average molecular weight is 254 g/mol. The number of rotatable bonds is 6. The fraction of sp³-hybridized carbons (Fsp3) is 0.364. The highest BCUT2D eigenvalue weighted by Crippen LogP contribution is 1.89. The van der Waals surface area contributed by atoms with Crippen molar-refractivity contribution in [2.45, 2.75) is 19.1 Å². The second-order valence-corrected chi connectivity index (χ2v) is 3.64. The molecule has 7 heteroatoms. The predicted molar refractivity (Wildman–Crippen MR) is 62.0 cm³/mol. The first-order valence-electron chi connectivity index (χ1n) is 5.33. The second kappa shape index (κ2) is 6.55. The predicted octanol–water partition coefficient (Wildman–Crippen LogP) is -1.20. The van der Waals surface area contributed by atoms with E-state index in [0.717, 1.165) is 0 Å². The van der Waals surface area contributed by atoms with Crippen LogP contribution in [-0.2, 0) is 16.1 Å². The number of aryl methyl sites for hydroxylation is 1. The molecule has 1 rings (SSSR count). The summed E-state index contributed by atoms with van der Waals surface area (Å²) in [6.07, 6.45) is -0.0220. The number of nitrogens with zero attached hydrogens (tertiary/aromatic N) is 1. The number of carboxylic acids is 1. The molecule has 0 saturated carbocycles. The lowest BCUT2D eigenvalue weighted by Crippen LogP contribution is -2.37. The Hall–Kier alpha value is -2.15. The Morgan fingerprint density at radius 2 is 2.11 bits per heavy atom. The third-order valence-corrected chi connectivity index (χ3v) is 2.26. The Labute approximate surface area is 103 Å². The van der Waals surface area contributed by atoms with Crippen molar-refractivity contribution in [3.05, 3.63) is 34.7 Å². The first-order valence-corrected chi connectivity index (χ1v) is 5.33. The van der Waals surface area contributed by atoms with Gasteiger partial charge in [0.05, 0.1) is 6.54 Å². The third kappa shape index (κ3) is 4.38. The van der Waals surface area contributed by atoms with E-state index in [1.165, 1.54) is 10.6 Å². The van der Waals surface area contributed by atoms with Crippen molar-refractivity contribution in [1.29, 1.82) is 0 Å². The molecule has 0 fully saturated rings. The third-order valence-electron chi connectivity index (χ3n) is 2.26. The molecule has 18 heavy (non-hydrogen) atoms. The zero-order chi connectivity index (χ0) is 13.5. The van der Waals surface area contributed by atoms with Gasteiger partial charge in [-0.2, -0.15) is 0 Å². The number of nitrogens with one attached hydrogen (secondary N) is 1. The fourth-order valence-corrected chi connectivity index (χ4v) is 1.25. The molecular weight excluding hydrogens is 240 g/mol. The molecule has 1 heterocycles. The lowest BCUT2D eigenvalue weighted by molar-refractivity contribution is -0.146. The number of carbonyl (C=O) groups is 2. The zero-order valence-corrected chi connectivity index (χ0v) is 9.57. The van der Waals surface area contributed by atoms with Gasteiger partial charge in [0, 0.05) is 25.2 Å². The monoisotopic (exact) mass is 254 g/mol. The van der Waals surface area contributed by atoms with Crippen LogP contribution in [0.2, 0.25) is 0 Å². The van der Waals surface area contributed by atoms with E-state index >= 15 is 0 Å². The van der Waals surface area contributed by atoms with Crippen LogP contribution < -0.4 is 10.9 Å². The maximum absolute atomic E-state index is 11.3. The number of aliphatic carboxylic acids is 1. The summed E-state index contributed by atoms with van der Waals surface area (Å²) in [5.74, 6) is -1.82. The highest BCUT2D eigenvalue weighted by Gasteiger charge is 2.13. The van der Waals surface area contributed by atoms with Crippen LogP contribution in [0.1, 0.15) is 6.42 Å². The summed E-state index contributed by atoms with van der Waals surface area (Å²) < 4.78 is 1.37. The molecule has 1 aromatic rings. The topological polar surface area (TPSA) is 109 Å². The van der Waals surface area contributed by atoms with Gasteiger partial charge in [-0.25, -0.2) is 4.79 Å². The van der Waals surface area contributed by atoms with Crippen LogP contribution >= 0.6 is 0 Å². The van der Waals surface area contributed by atoms with E-state index in [1.807, 2.05) is 0 Å². The molecule has 0 aromatic carbocycles. The van der Waals surface area contributed by atoms with Gasteiger partial charge in [-0.05, 0) is 6.07 Å². The lowest BCUT2D eigenvalue weighted by atomic mass is 10.3. The summed E-state index contributed by atoms with van der Waals surface area (Å²) >= 11 is 0. The molecule has 1 atom stereocenters. The standard InChI is InChI=1S/C11H14N2O5/c14-8(11(17)18)7-12-9(15)4-6-13-5-2-1-3-10(13)16/h1-3,5,8,14H,4,6-7H2,(H,12,15)(H,17,18)/t8-/m0/s1. The number of carbonyl (C=O) groups excluding carboxylic acids is 1. The summed E-state index contributed by atoms with van der Waals surface area (Å²) in [7, 11) is 0. The van der Waals surface area contributed by atoms with Gasteiger partial charge in [0.15, 0.2) is 6.10 Å². The molecule has 0 spiro atoms. The minimum absolute atomic E-state index is 0.0380. The van der Waals surface area contributed by atoms with Crippen molar-refractivity contribution in [2.24, 2.45) is 0 Å². The second-order valence-electron chi connectivity index (χ2n) is 3.64. The van der Waals surface area contributed by atoms with Gasteiger partial charge in [0.25, 0.3) is 5.56 Å². The van der Waals surface area contributed by atoms with Crippen molar-refractivity contribution in [2.75, 3.05) is 6.54 Å². The van der Waals surface area contributed by atoms with E-state index in [1.54, 1.807) is 18.3 Å². The van der Waals surface area contributed by atoms with E-state index in [9.17, 15) is 14.4 Å². The molecule has 3 N–H and O–H groups in total. The Kier molecular flexibility index (Phi) is 5.06. The number of carboxylic acid groups (broad SMARTS) is 1. The quantitative estimate of drug-likeness (QED) is 0.591. The van der Waals surface area contributed by atoms with Gasteiger partial charge in [0.1, 0.15) is 0 Å². The molecule has 98 valence electrons. The molecule has 0 radical (unpaired) electrons. The maximum Gasteiger partial charge on any atom is 0.334 e. The number of hydrogen-bond acceptors (Lipinski definition) is 4. The molecule has 1 aromatic heterocycles. The van der Waals surface area contributed by atoms with Gasteiger partial charge in [-0.3, -0.25) is 9.59 Å². The molecule has 0 aliphatic heterocycles. The zero-order valence-electron chi connectivity index (χ0n) is 9.57. The van der Waals surface area contributed by atoms with Crippen LogP contribution in [0.4, 0.5) is 0 Å². The average Bonchev–Trinajstić information content (AvgIpc) is 2.34. The molecular formula is C11H14N2O5. The van der Waals surface area contributed by atoms with Crippen molar-refractivity contribution in [3.8, 4) is 0 Å². The number of aromatic nitrogens is 1. The van der Waals surface area contributed by atoms with E-state index in [2.05, 4.69) is 5.32 Å². The molecule has 0 saturated heterocycles. The van der Waals surface area contributed by atoms with Gasteiger partial charge in [-0.1, -0.05) is 6.07 Å². The number of aliphatic hydroxyl groups excluding tert-OH is 1. The first-order chi connectivity index (χ1) is 8.50. The summed E-state index contributed by atoms with van der Waals surface area (Å²) in [6, 6.07) is 4.65. The van der Waals surface area contributed by atoms with Crippen LogP contribution in [0.25, 0.3) is 0 Å². The number of hydrogen-bond donors (Lipinski definition) is 3. The van der Waals surface area contributed by atoms with Crippen LogP contribution in [0, 0.1) is 0 Å². The normalized spacial score (nSPS) is 11.8. The number of amides is 1.